The Morgan fingerprint density at radius 1 is 1.29 bits per heavy atom. The quantitative estimate of drug-likeness (QED) is 0.402. The zero-order chi connectivity index (χ0) is 20.5. The monoisotopic (exact) mass is 394 g/mol. The molecule has 0 N–H and O–H groups in total. The maximum Gasteiger partial charge on any atom is 0.516 e. The largest absolute Gasteiger partial charge is 0.516 e. The number of ether oxygens (including phenoxy) is 4. The van der Waals surface area contributed by atoms with E-state index in [1.54, 1.807) is 6.92 Å². The fourth-order valence-corrected chi connectivity index (χ4v) is 4.72. The van der Waals surface area contributed by atoms with Gasteiger partial charge in [-0.2, -0.15) is 0 Å². The first-order chi connectivity index (χ1) is 13.3. The third kappa shape index (κ3) is 4.17. The maximum absolute atomic E-state index is 12.7. The SMILES string of the molecule is CCOC(=O)OC(=O)C1C2OC(CC2=C=O)C1OC1(C)CCC(C(C)C)CC1. The van der Waals surface area contributed by atoms with Gasteiger partial charge in [0.25, 0.3) is 0 Å². The van der Waals surface area contributed by atoms with Crippen LogP contribution in [0.1, 0.15) is 59.8 Å². The molecular formula is C21H30O7. The summed E-state index contributed by atoms with van der Waals surface area (Å²) in [6.07, 6.45) is 1.61. The van der Waals surface area contributed by atoms with E-state index >= 15 is 0 Å². The van der Waals surface area contributed by atoms with E-state index in [1.165, 1.54) is 0 Å². The molecule has 28 heavy (non-hydrogen) atoms. The predicted molar refractivity (Wildman–Crippen MR) is 99.2 cm³/mol. The van der Waals surface area contributed by atoms with Crippen molar-refractivity contribution in [2.24, 2.45) is 17.8 Å². The van der Waals surface area contributed by atoms with Gasteiger partial charge in [-0.1, -0.05) is 13.8 Å². The van der Waals surface area contributed by atoms with Crippen LogP contribution in [0.5, 0.6) is 0 Å². The van der Waals surface area contributed by atoms with Crippen molar-refractivity contribution < 1.29 is 33.3 Å². The number of hydrogen-bond donors (Lipinski definition) is 0. The molecule has 3 fully saturated rings. The first-order valence-corrected chi connectivity index (χ1v) is 10.2. The average Bonchev–Trinajstić information content (AvgIpc) is 3.19. The predicted octanol–water partition coefficient (Wildman–Crippen LogP) is 3.22. The average molecular weight is 394 g/mol. The van der Waals surface area contributed by atoms with Gasteiger partial charge in [0.2, 0.25) is 0 Å². The number of esters is 1. The van der Waals surface area contributed by atoms with Gasteiger partial charge in [-0.05, 0) is 51.4 Å². The van der Waals surface area contributed by atoms with Gasteiger partial charge >= 0.3 is 12.1 Å². The molecule has 0 amide bonds. The van der Waals surface area contributed by atoms with Crippen molar-refractivity contribution in [2.45, 2.75) is 83.7 Å². The summed E-state index contributed by atoms with van der Waals surface area (Å²) < 4.78 is 21.8. The van der Waals surface area contributed by atoms with Crippen LogP contribution in [0.4, 0.5) is 4.79 Å². The Bertz CT molecular complexity index is 656. The van der Waals surface area contributed by atoms with Gasteiger partial charge in [0, 0.05) is 12.0 Å². The molecule has 2 aliphatic heterocycles. The maximum atomic E-state index is 12.7. The Morgan fingerprint density at radius 2 is 1.96 bits per heavy atom. The molecule has 1 aliphatic carbocycles. The molecule has 0 aromatic carbocycles. The van der Waals surface area contributed by atoms with E-state index in [0.29, 0.717) is 23.8 Å². The molecule has 3 aliphatic rings. The molecule has 156 valence electrons. The van der Waals surface area contributed by atoms with Gasteiger partial charge in [0.05, 0.1) is 18.3 Å². The van der Waals surface area contributed by atoms with Crippen LogP contribution in [-0.2, 0) is 28.5 Å². The minimum atomic E-state index is -1.05. The summed E-state index contributed by atoms with van der Waals surface area (Å²) in [4.78, 5) is 35.5. The van der Waals surface area contributed by atoms with Crippen LogP contribution in [-0.4, -0.2) is 48.6 Å². The van der Waals surface area contributed by atoms with Crippen molar-refractivity contribution in [1.82, 2.24) is 0 Å². The van der Waals surface area contributed by atoms with Crippen molar-refractivity contribution in [3.05, 3.63) is 5.57 Å². The molecule has 3 rings (SSSR count). The Kier molecular flexibility index (Phi) is 6.28. The first kappa shape index (κ1) is 21.0. The van der Waals surface area contributed by atoms with Gasteiger partial charge < -0.3 is 18.9 Å². The molecule has 0 aromatic heterocycles. The van der Waals surface area contributed by atoms with Gasteiger partial charge in [-0.3, -0.25) is 4.79 Å². The minimum absolute atomic E-state index is 0.105. The van der Waals surface area contributed by atoms with E-state index in [4.69, 9.17) is 18.9 Å². The normalized spacial score (nSPS) is 37.0. The van der Waals surface area contributed by atoms with Crippen LogP contribution in [0.15, 0.2) is 5.57 Å². The zero-order valence-corrected chi connectivity index (χ0v) is 17.1. The number of hydrogen-bond acceptors (Lipinski definition) is 7. The summed E-state index contributed by atoms with van der Waals surface area (Å²) in [6.45, 7) is 8.28. The summed E-state index contributed by atoms with van der Waals surface area (Å²) in [6, 6.07) is 0. The fourth-order valence-electron chi connectivity index (χ4n) is 4.72. The molecule has 1 saturated carbocycles. The highest BCUT2D eigenvalue weighted by Gasteiger charge is 2.59. The lowest BCUT2D eigenvalue weighted by molar-refractivity contribution is -0.163. The topological polar surface area (TPSA) is 88.1 Å². The lowest BCUT2D eigenvalue weighted by Crippen LogP contribution is -2.48. The van der Waals surface area contributed by atoms with Crippen molar-refractivity contribution in [2.75, 3.05) is 6.61 Å². The number of carbonyl (C=O) groups is 2. The second-order valence-corrected chi connectivity index (χ2v) is 8.67. The van der Waals surface area contributed by atoms with Crippen molar-refractivity contribution in [3.8, 4) is 0 Å². The third-order valence-electron chi connectivity index (χ3n) is 6.43. The summed E-state index contributed by atoms with van der Waals surface area (Å²) in [5.41, 5.74) is 0.0292. The van der Waals surface area contributed by atoms with Crippen LogP contribution in [0.3, 0.4) is 0 Å². The van der Waals surface area contributed by atoms with E-state index in [9.17, 15) is 14.4 Å². The van der Waals surface area contributed by atoms with E-state index < -0.39 is 36.4 Å². The number of fused-ring (bicyclic) bond motifs is 2. The van der Waals surface area contributed by atoms with Crippen LogP contribution in [0, 0.1) is 17.8 Å². The Morgan fingerprint density at radius 3 is 2.54 bits per heavy atom. The smallest absolute Gasteiger partial charge is 0.434 e. The second kappa shape index (κ2) is 8.36. The van der Waals surface area contributed by atoms with Crippen molar-refractivity contribution in [1.29, 1.82) is 0 Å². The summed E-state index contributed by atoms with van der Waals surface area (Å²) in [7, 11) is 0. The summed E-state index contributed by atoms with van der Waals surface area (Å²) in [5.74, 6) is 1.56. The highest BCUT2D eigenvalue weighted by Crippen LogP contribution is 2.47. The van der Waals surface area contributed by atoms with E-state index in [0.717, 1.165) is 25.7 Å². The Labute approximate surface area is 165 Å². The molecule has 2 heterocycles. The second-order valence-electron chi connectivity index (χ2n) is 8.67. The van der Waals surface area contributed by atoms with E-state index in [-0.39, 0.29) is 12.2 Å². The molecule has 7 heteroatoms. The molecule has 4 unspecified atom stereocenters. The summed E-state index contributed by atoms with van der Waals surface area (Å²) >= 11 is 0. The Hall–Kier alpha value is -1.69. The minimum Gasteiger partial charge on any atom is -0.434 e. The van der Waals surface area contributed by atoms with Crippen molar-refractivity contribution in [3.63, 3.8) is 0 Å². The Balaban J connectivity index is 1.72. The van der Waals surface area contributed by atoms with Crippen molar-refractivity contribution >= 4 is 18.1 Å². The highest BCUT2D eigenvalue weighted by atomic mass is 16.7. The van der Waals surface area contributed by atoms with Gasteiger partial charge in [0.1, 0.15) is 24.1 Å². The lowest BCUT2D eigenvalue weighted by Gasteiger charge is -2.42. The van der Waals surface area contributed by atoms with Crippen LogP contribution >= 0.6 is 0 Å². The van der Waals surface area contributed by atoms with E-state index in [2.05, 4.69) is 20.8 Å². The zero-order valence-electron chi connectivity index (χ0n) is 17.1. The fraction of sp³-hybridized carbons (Fsp3) is 0.810. The standard InChI is InChI=1S/C21H30O7/c1-5-25-20(24)27-19(23)16-17-14(11-22)10-15(26-17)18(16)28-21(4)8-6-13(7-9-21)12(2)3/h12-13,15-18H,5-10H2,1-4H3. The van der Waals surface area contributed by atoms with Gasteiger partial charge in [-0.25, -0.2) is 9.59 Å². The molecule has 2 saturated heterocycles. The first-order valence-electron chi connectivity index (χ1n) is 10.2. The summed E-state index contributed by atoms with van der Waals surface area (Å²) in [5, 5.41) is 0. The lowest BCUT2D eigenvalue weighted by atomic mass is 9.74. The number of carbonyl (C=O) groups excluding carboxylic acids is 3. The molecule has 2 bridgehead atoms. The molecule has 4 atom stereocenters. The van der Waals surface area contributed by atoms with Crippen LogP contribution in [0.2, 0.25) is 0 Å². The van der Waals surface area contributed by atoms with Crippen LogP contribution in [0.25, 0.3) is 0 Å². The van der Waals surface area contributed by atoms with E-state index in [1.807, 2.05) is 5.94 Å². The molecule has 7 nitrogen and oxygen atoms in total. The molecule has 0 radical (unpaired) electrons. The number of rotatable bonds is 5. The molecule has 0 spiro atoms. The molecular weight excluding hydrogens is 364 g/mol. The highest BCUT2D eigenvalue weighted by molar-refractivity contribution is 5.85. The third-order valence-corrected chi connectivity index (χ3v) is 6.43. The molecule has 0 aromatic rings. The van der Waals surface area contributed by atoms with Gasteiger partial charge in [-0.15, -0.1) is 0 Å². The van der Waals surface area contributed by atoms with Gasteiger partial charge in [0.15, 0.2) is 0 Å². The van der Waals surface area contributed by atoms with Crippen LogP contribution < -0.4 is 0 Å².